The van der Waals surface area contributed by atoms with Crippen LogP contribution < -0.4 is 109 Å². The van der Waals surface area contributed by atoms with Gasteiger partial charge >= 0.3 is 0 Å². The monoisotopic (exact) mass is 981 g/mol. The fourth-order valence-corrected chi connectivity index (χ4v) is 10.00. The maximum atomic E-state index is 6.75. The first kappa shape index (κ1) is 55.8. The average Bonchev–Trinajstić information content (AvgIpc) is 3.31. The van der Waals surface area contributed by atoms with Crippen LogP contribution in [0.2, 0.25) is 0 Å². The Morgan fingerprint density at radius 3 is 0.988 bits per heavy atom. The van der Waals surface area contributed by atoms with Crippen molar-refractivity contribution < 1.29 is 0 Å². The van der Waals surface area contributed by atoms with Gasteiger partial charge in [-0.3, -0.25) is 0 Å². The summed E-state index contributed by atoms with van der Waals surface area (Å²) in [6, 6.07) is 29.2. The molecule has 0 unspecified atom stereocenters. The molecular weight excluding hydrogens is 963 g/mol. The highest BCUT2D eigenvalue weighted by molar-refractivity contribution is 6.72. The molecule has 3 aromatic heterocycles. The molecule has 3 heterocycles. The lowest BCUT2D eigenvalue weighted by Gasteiger charge is -2.23. The van der Waals surface area contributed by atoms with Crippen molar-refractivity contribution >= 4 is 288 Å². The molecule has 0 aliphatic heterocycles. The van der Waals surface area contributed by atoms with Crippen LogP contribution in [-0.4, -0.2) is 191 Å². The highest BCUT2D eigenvalue weighted by atomic mass is 15.1. The minimum atomic E-state index is -0.167. The zero-order valence-corrected chi connectivity index (χ0v) is 42.8. The minimum absolute atomic E-state index is 0.00447. The van der Waals surface area contributed by atoms with Crippen molar-refractivity contribution in [3.05, 3.63) is 91.0 Å². The number of hydrogen-bond donors (Lipinski definition) is 0. The Hall–Kier alpha value is -7.12. The van der Waals surface area contributed by atoms with Crippen LogP contribution in [-0.2, 0) is 0 Å². The molecule has 81 heavy (non-hydrogen) atoms. The molecule has 0 saturated heterocycles. The second kappa shape index (κ2) is 21.0. The molecule has 0 spiro atoms. The van der Waals surface area contributed by atoms with Gasteiger partial charge < -0.3 is 4.57 Å². The predicted octanol–water partition coefficient (Wildman–Crippen LogP) is -11.3. The minimum Gasteiger partial charge on any atom is -0.308 e. The fraction of sp³-hybridized carbons (Fsp3) is 0. The van der Waals surface area contributed by atoms with Gasteiger partial charge in [0.05, 0.1) is 16.7 Å². The maximum absolute atomic E-state index is 6.75. The molecule has 0 atom stereocenters. The van der Waals surface area contributed by atoms with Crippen LogP contribution in [0.15, 0.2) is 91.0 Å². The molecule has 0 aliphatic rings. The SMILES string of the molecule is [B]c1c([B])c([B])c(-c2nc(-c3ccc(-n4c5ccccc5c5c(-c6ccccc6)cccc54)c(-c4nc(-c5c([B])c([B])c([B])c([B])c5[B])nc(-c5c([B])c([B])c([B])c([B])c5[B])n4)c3)nc(-c3c([B])c([B])c([B])c([B])c3[B])n2)c([B])c1[B]. The van der Waals surface area contributed by atoms with E-state index in [1.54, 1.807) is 12.1 Å². The smallest absolute Gasteiger partial charge is 0.166 e. The number of hydrogen-bond acceptors (Lipinski definition) is 6. The van der Waals surface area contributed by atoms with Crippen LogP contribution in [0.4, 0.5) is 0 Å². The lowest BCUT2D eigenvalue weighted by molar-refractivity contribution is 1.06. The predicted molar refractivity (Wildman–Crippen MR) is 353 cm³/mol. The van der Waals surface area contributed by atoms with Crippen molar-refractivity contribution in [3.63, 3.8) is 0 Å². The van der Waals surface area contributed by atoms with E-state index in [0.29, 0.717) is 5.69 Å². The normalized spacial score (nSPS) is 11.5. The summed E-state index contributed by atoms with van der Waals surface area (Å²) in [7, 11) is 130. The number of benzene rings is 8. The Labute approximate surface area is 495 Å². The zero-order chi connectivity index (χ0) is 57.9. The van der Waals surface area contributed by atoms with Crippen LogP contribution in [0.5, 0.6) is 0 Å². The van der Waals surface area contributed by atoms with Gasteiger partial charge in [0.15, 0.2) is 34.9 Å². The molecule has 11 aromatic rings. The van der Waals surface area contributed by atoms with Crippen molar-refractivity contribution in [2.75, 3.05) is 0 Å². The Morgan fingerprint density at radius 1 is 0.247 bits per heavy atom. The Morgan fingerprint density at radius 2 is 0.580 bits per heavy atom. The summed E-state index contributed by atoms with van der Waals surface area (Å²) >= 11 is 0. The lowest BCUT2D eigenvalue weighted by atomic mass is 9.60. The molecule has 27 heteroatoms. The molecular formula is C54H15B20N7. The summed E-state index contributed by atoms with van der Waals surface area (Å²) in [5, 5.41) is 1.83. The molecule has 0 amide bonds. The van der Waals surface area contributed by atoms with Crippen LogP contribution in [0.3, 0.4) is 0 Å². The van der Waals surface area contributed by atoms with E-state index in [4.69, 9.17) is 187 Å². The summed E-state index contributed by atoms with van der Waals surface area (Å²) in [5.41, 5.74) is 2.61. The van der Waals surface area contributed by atoms with E-state index in [1.165, 1.54) is 0 Å². The molecule has 0 bridgehead atoms. The van der Waals surface area contributed by atoms with Crippen LogP contribution in [0.25, 0.3) is 107 Å². The molecule has 7 nitrogen and oxygen atoms in total. The summed E-state index contributed by atoms with van der Waals surface area (Å²) < 4.78 is 2.05. The first-order valence-electron chi connectivity index (χ1n) is 24.3. The van der Waals surface area contributed by atoms with Gasteiger partial charge in [-0.2, -0.15) is 0 Å². The zero-order valence-electron chi connectivity index (χ0n) is 42.8. The van der Waals surface area contributed by atoms with E-state index >= 15 is 0 Å². The molecule has 0 aliphatic carbocycles. The summed E-state index contributed by atoms with van der Waals surface area (Å²) in [4.78, 5) is 29.7. The van der Waals surface area contributed by atoms with Crippen molar-refractivity contribution in [1.29, 1.82) is 0 Å². The van der Waals surface area contributed by atoms with Gasteiger partial charge in [0, 0.05) is 44.2 Å². The number of para-hydroxylation sites is 1. The fourth-order valence-electron chi connectivity index (χ4n) is 10.00. The van der Waals surface area contributed by atoms with Gasteiger partial charge in [-0.1, -0.05) is 104 Å². The molecule has 326 valence electrons. The summed E-state index contributed by atoms with van der Waals surface area (Å²) in [6.07, 6.45) is 0. The second-order valence-electron chi connectivity index (χ2n) is 19.0. The maximum Gasteiger partial charge on any atom is 0.166 e. The molecule has 11 rings (SSSR count). The molecule has 8 aromatic carbocycles. The third-order valence-corrected chi connectivity index (χ3v) is 14.5. The molecule has 40 radical (unpaired) electrons. The molecule has 0 saturated carbocycles. The van der Waals surface area contributed by atoms with E-state index in [9.17, 15) is 0 Å². The van der Waals surface area contributed by atoms with Crippen LogP contribution >= 0.6 is 0 Å². The van der Waals surface area contributed by atoms with Crippen molar-refractivity contribution in [3.8, 4) is 85.1 Å². The third-order valence-electron chi connectivity index (χ3n) is 14.5. The van der Waals surface area contributed by atoms with Crippen molar-refractivity contribution in [2.45, 2.75) is 0 Å². The standard InChI is InChI=1S/C54H15B20N7/c55-29-25(30(56)38(64)45(71)37(29)63)51-75-49(76-52(79-51)26-31(57)39(65)46(72)40(66)32(26)58)17-13-14-22(81-21-11-5-4-9-19(21)24-18(10-6-12-23(24)81)16-7-2-1-3-8-16)20(15-17)50-77-53(27-33(59)41(67)47(73)42(68)34(27)60)80-54(78-50)28-35(61)43(69)48(74)44(70)36(28)62/h1-15H. The Balaban J connectivity index is 1.31. The van der Waals surface area contributed by atoms with E-state index in [2.05, 4.69) is 10.6 Å². The van der Waals surface area contributed by atoms with Gasteiger partial charge in [-0.25, -0.2) is 29.9 Å². The van der Waals surface area contributed by atoms with E-state index < -0.39 is 0 Å². The molecule has 0 fully saturated rings. The van der Waals surface area contributed by atoms with E-state index in [0.717, 1.165) is 32.9 Å². The van der Waals surface area contributed by atoms with Gasteiger partial charge in [-0.05, 0) is 41.5 Å². The highest BCUT2D eigenvalue weighted by Gasteiger charge is 2.27. The third kappa shape index (κ3) is 8.90. The van der Waals surface area contributed by atoms with E-state index in [-0.39, 0.29) is 178 Å². The van der Waals surface area contributed by atoms with Gasteiger partial charge in [0.2, 0.25) is 0 Å². The summed E-state index contributed by atoms with van der Waals surface area (Å²) in [5.74, 6) is -0.758. The van der Waals surface area contributed by atoms with Crippen LogP contribution in [0, 0.1) is 0 Å². The Kier molecular flexibility index (Phi) is 14.5. The largest absolute Gasteiger partial charge is 0.308 e. The van der Waals surface area contributed by atoms with Crippen LogP contribution in [0.1, 0.15) is 0 Å². The quantitative estimate of drug-likeness (QED) is 0.141. The average molecular weight is 978 g/mol. The number of rotatable bonds is 8. The summed E-state index contributed by atoms with van der Waals surface area (Å²) in [6.45, 7) is 0. The number of nitrogens with zero attached hydrogens (tertiary/aromatic N) is 7. The molecule has 0 N–H and O–H groups in total. The number of aromatic nitrogens is 7. The van der Waals surface area contributed by atoms with E-state index in [1.807, 2.05) is 72.8 Å². The Bertz CT molecular complexity index is 4260. The first-order chi connectivity index (χ1) is 38.5. The lowest BCUT2D eigenvalue weighted by Crippen LogP contribution is -2.55. The van der Waals surface area contributed by atoms with Gasteiger partial charge in [0.1, 0.15) is 157 Å². The van der Waals surface area contributed by atoms with Gasteiger partial charge in [-0.15, -0.1) is 65.6 Å². The topological polar surface area (TPSA) is 82.3 Å². The van der Waals surface area contributed by atoms with Crippen molar-refractivity contribution in [1.82, 2.24) is 34.5 Å². The first-order valence-corrected chi connectivity index (χ1v) is 24.3. The van der Waals surface area contributed by atoms with Crippen molar-refractivity contribution in [2.24, 2.45) is 0 Å². The van der Waals surface area contributed by atoms with Gasteiger partial charge in [0.25, 0.3) is 0 Å². The number of fused-ring (bicyclic) bond motifs is 3. The second-order valence-corrected chi connectivity index (χ2v) is 19.0. The highest BCUT2D eigenvalue weighted by Crippen LogP contribution is 2.41.